The molecule has 1 nitrogen and oxygen atoms in total. The number of aryl methyl sites for hydroxylation is 1. The Bertz CT molecular complexity index is 429. The van der Waals surface area contributed by atoms with Gasteiger partial charge in [-0.25, -0.2) is 0 Å². The first-order valence-corrected chi connectivity index (χ1v) is 7.32. The summed E-state index contributed by atoms with van der Waals surface area (Å²) in [6.45, 7) is 3.35. The predicted molar refractivity (Wildman–Crippen MR) is 76.7 cm³/mol. The highest BCUT2D eigenvalue weighted by Gasteiger charge is 2.28. The molecule has 0 spiro atoms. The molecule has 3 rings (SSSR count). The second-order valence-corrected chi connectivity index (χ2v) is 5.82. The smallest absolute Gasteiger partial charge is 0.0322 e. The van der Waals surface area contributed by atoms with Crippen molar-refractivity contribution in [2.45, 2.75) is 45.1 Å². The zero-order valence-electron chi connectivity index (χ0n) is 11.3. The molecule has 1 aromatic carbocycles. The van der Waals surface area contributed by atoms with E-state index in [2.05, 4.69) is 42.6 Å². The fourth-order valence-corrected chi connectivity index (χ4v) is 3.40. The Morgan fingerprint density at radius 3 is 2.83 bits per heavy atom. The van der Waals surface area contributed by atoms with E-state index in [0.717, 1.165) is 12.3 Å². The van der Waals surface area contributed by atoms with Crippen LogP contribution in [0.1, 0.15) is 36.8 Å². The summed E-state index contributed by atoms with van der Waals surface area (Å²) in [6.07, 6.45) is 9.11. The van der Waals surface area contributed by atoms with Crippen LogP contribution in [0.5, 0.6) is 0 Å². The number of nitrogens with one attached hydrogen (secondary N) is 1. The molecule has 1 aromatic rings. The van der Waals surface area contributed by atoms with Crippen LogP contribution in [0.3, 0.4) is 0 Å². The van der Waals surface area contributed by atoms with E-state index in [-0.39, 0.29) is 0 Å². The lowest BCUT2D eigenvalue weighted by molar-refractivity contribution is 0.358. The van der Waals surface area contributed by atoms with Gasteiger partial charge in [0.2, 0.25) is 0 Å². The molecule has 1 heterocycles. The number of benzene rings is 1. The summed E-state index contributed by atoms with van der Waals surface area (Å²) < 4.78 is 0. The van der Waals surface area contributed by atoms with Gasteiger partial charge >= 0.3 is 0 Å². The number of rotatable bonds is 2. The minimum Gasteiger partial charge on any atom is -0.310 e. The van der Waals surface area contributed by atoms with Crippen LogP contribution in [0.25, 0.3) is 0 Å². The van der Waals surface area contributed by atoms with Crippen molar-refractivity contribution < 1.29 is 0 Å². The molecule has 2 atom stereocenters. The van der Waals surface area contributed by atoms with Gasteiger partial charge in [-0.05, 0) is 57.1 Å². The molecule has 2 unspecified atom stereocenters. The van der Waals surface area contributed by atoms with Crippen molar-refractivity contribution in [3.8, 4) is 0 Å². The average molecular weight is 241 g/mol. The van der Waals surface area contributed by atoms with Crippen LogP contribution >= 0.6 is 0 Å². The molecule has 2 aliphatic rings. The van der Waals surface area contributed by atoms with Crippen LogP contribution in [0.4, 0.5) is 0 Å². The molecule has 96 valence electrons. The molecule has 1 aliphatic carbocycles. The molecular formula is C17H23N. The summed E-state index contributed by atoms with van der Waals surface area (Å²) in [5.41, 5.74) is 4.52. The van der Waals surface area contributed by atoms with Crippen molar-refractivity contribution in [2.24, 2.45) is 5.92 Å². The molecule has 0 bridgehead atoms. The SMILES string of the molecule is Cc1ccc(CC2NCCC3CCCC=C32)cc1. The van der Waals surface area contributed by atoms with E-state index in [1.165, 1.54) is 43.4 Å². The molecule has 0 amide bonds. The Balaban J connectivity index is 1.75. The van der Waals surface area contributed by atoms with Crippen molar-refractivity contribution in [3.63, 3.8) is 0 Å². The molecular weight excluding hydrogens is 218 g/mol. The highest BCUT2D eigenvalue weighted by atomic mass is 14.9. The highest BCUT2D eigenvalue weighted by Crippen LogP contribution is 2.33. The summed E-state index contributed by atoms with van der Waals surface area (Å²) in [5.74, 6) is 0.871. The van der Waals surface area contributed by atoms with E-state index in [1.54, 1.807) is 5.57 Å². The minimum atomic E-state index is 0.590. The van der Waals surface area contributed by atoms with Crippen molar-refractivity contribution >= 4 is 0 Å². The quantitative estimate of drug-likeness (QED) is 0.780. The van der Waals surface area contributed by atoms with Crippen molar-refractivity contribution in [1.82, 2.24) is 5.32 Å². The zero-order chi connectivity index (χ0) is 12.4. The first kappa shape index (κ1) is 12.0. The van der Waals surface area contributed by atoms with Gasteiger partial charge in [0.05, 0.1) is 0 Å². The van der Waals surface area contributed by atoms with E-state index in [0.29, 0.717) is 6.04 Å². The maximum absolute atomic E-state index is 3.71. The third kappa shape index (κ3) is 2.51. The van der Waals surface area contributed by atoms with E-state index in [4.69, 9.17) is 0 Å². The first-order valence-electron chi connectivity index (χ1n) is 7.32. The van der Waals surface area contributed by atoms with Crippen molar-refractivity contribution in [3.05, 3.63) is 47.0 Å². The van der Waals surface area contributed by atoms with E-state index in [1.807, 2.05) is 0 Å². The van der Waals surface area contributed by atoms with Crippen LogP contribution in [-0.4, -0.2) is 12.6 Å². The van der Waals surface area contributed by atoms with E-state index in [9.17, 15) is 0 Å². The predicted octanol–water partition coefficient (Wildman–Crippen LogP) is 3.63. The zero-order valence-corrected chi connectivity index (χ0v) is 11.3. The van der Waals surface area contributed by atoms with Gasteiger partial charge in [0.25, 0.3) is 0 Å². The molecule has 0 aromatic heterocycles. The van der Waals surface area contributed by atoms with Gasteiger partial charge in [-0.15, -0.1) is 0 Å². The Hall–Kier alpha value is -1.08. The normalized spacial score (nSPS) is 27.5. The minimum absolute atomic E-state index is 0.590. The topological polar surface area (TPSA) is 12.0 Å². The second kappa shape index (κ2) is 5.27. The van der Waals surface area contributed by atoms with Gasteiger partial charge in [-0.1, -0.05) is 41.5 Å². The molecule has 1 saturated heterocycles. The Morgan fingerprint density at radius 2 is 2.00 bits per heavy atom. The number of allylic oxidation sites excluding steroid dienone is 1. The lowest BCUT2D eigenvalue weighted by atomic mass is 9.77. The van der Waals surface area contributed by atoms with Gasteiger partial charge in [0.15, 0.2) is 0 Å². The molecule has 1 heteroatoms. The first-order chi connectivity index (χ1) is 8.83. The summed E-state index contributed by atoms with van der Waals surface area (Å²) in [6, 6.07) is 9.61. The van der Waals surface area contributed by atoms with Crippen LogP contribution in [0.15, 0.2) is 35.9 Å². The summed E-state index contributed by atoms with van der Waals surface area (Å²) in [5, 5.41) is 3.71. The average Bonchev–Trinajstić information content (AvgIpc) is 2.42. The van der Waals surface area contributed by atoms with Gasteiger partial charge in [-0.3, -0.25) is 0 Å². The van der Waals surface area contributed by atoms with Gasteiger partial charge in [-0.2, -0.15) is 0 Å². The fourth-order valence-electron chi connectivity index (χ4n) is 3.40. The molecule has 1 fully saturated rings. The standard InChI is InChI=1S/C17H23N/c1-13-6-8-14(9-7-13)12-17-16-5-3-2-4-15(16)10-11-18-17/h5-9,15,17-18H,2-4,10-12H2,1H3. The lowest BCUT2D eigenvalue weighted by Crippen LogP contribution is -2.42. The summed E-state index contributed by atoms with van der Waals surface area (Å²) >= 11 is 0. The third-order valence-electron chi connectivity index (χ3n) is 4.45. The maximum Gasteiger partial charge on any atom is 0.0322 e. The fraction of sp³-hybridized carbons (Fsp3) is 0.529. The highest BCUT2D eigenvalue weighted by molar-refractivity contribution is 5.27. The number of hydrogen-bond donors (Lipinski definition) is 1. The molecule has 1 aliphatic heterocycles. The summed E-state index contributed by atoms with van der Waals surface area (Å²) in [7, 11) is 0. The Morgan fingerprint density at radius 1 is 1.17 bits per heavy atom. The molecule has 0 saturated carbocycles. The van der Waals surface area contributed by atoms with Crippen molar-refractivity contribution in [1.29, 1.82) is 0 Å². The number of fused-ring (bicyclic) bond motifs is 1. The summed E-state index contributed by atoms with van der Waals surface area (Å²) in [4.78, 5) is 0. The van der Waals surface area contributed by atoms with Crippen LogP contribution in [0, 0.1) is 12.8 Å². The Kier molecular flexibility index (Phi) is 3.51. The van der Waals surface area contributed by atoms with E-state index >= 15 is 0 Å². The maximum atomic E-state index is 3.71. The van der Waals surface area contributed by atoms with Crippen LogP contribution < -0.4 is 5.32 Å². The van der Waals surface area contributed by atoms with Gasteiger partial charge < -0.3 is 5.32 Å². The number of hydrogen-bond acceptors (Lipinski definition) is 1. The van der Waals surface area contributed by atoms with E-state index < -0.39 is 0 Å². The lowest BCUT2D eigenvalue weighted by Gasteiger charge is -2.36. The monoisotopic (exact) mass is 241 g/mol. The third-order valence-corrected chi connectivity index (χ3v) is 4.45. The molecule has 1 N–H and O–H groups in total. The van der Waals surface area contributed by atoms with Crippen LogP contribution in [0.2, 0.25) is 0 Å². The Labute approximate surface area is 110 Å². The second-order valence-electron chi connectivity index (χ2n) is 5.82. The van der Waals surface area contributed by atoms with Crippen LogP contribution in [-0.2, 0) is 6.42 Å². The largest absolute Gasteiger partial charge is 0.310 e. The van der Waals surface area contributed by atoms with Crippen molar-refractivity contribution in [2.75, 3.05) is 6.54 Å². The van der Waals surface area contributed by atoms with Gasteiger partial charge in [0.1, 0.15) is 0 Å². The molecule has 18 heavy (non-hydrogen) atoms. The number of piperidine rings is 1. The van der Waals surface area contributed by atoms with Gasteiger partial charge in [0, 0.05) is 6.04 Å². The molecule has 0 radical (unpaired) electrons.